The normalized spacial score (nSPS) is 13.8. The van der Waals surface area contributed by atoms with Crippen LogP contribution in [0.15, 0.2) is 24.3 Å². The molecule has 9 heteroatoms. The van der Waals surface area contributed by atoms with Crippen LogP contribution >= 0.6 is 0 Å². The van der Waals surface area contributed by atoms with E-state index in [-0.39, 0.29) is 32.6 Å². The number of nitrogen functional groups attached to an aromatic ring is 1. The van der Waals surface area contributed by atoms with Crippen LogP contribution in [0.4, 0.5) is 0 Å². The van der Waals surface area contributed by atoms with Gasteiger partial charge in [-0.3, -0.25) is 19.8 Å². The minimum absolute atomic E-state index is 0. The van der Waals surface area contributed by atoms with E-state index in [4.69, 9.17) is 22.6 Å². The van der Waals surface area contributed by atoms with Gasteiger partial charge in [0.05, 0.1) is 6.04 Å². The Labute approximate surface area is 166 Å². The molecule has 0 heterocycles. The Morgan fingerprint density at radius 2 is 1.75 bits per heavy atom. The summed E-state index contributed by atoms with van der Waals surface area (Å²) >= 11 is 0. The monoisotopic (exact) mass is 392 g/mol. The zero-order valence-corrected chi connectivity index (χ0v) is 16.3. The van der Waals surface area contributed by atoms with Crippen LogP contribution in [0.1, 0.15) is 45.7 Å². The number of nitrogens with one attached hydrogen (secondary N) is 3. The SMILES string of the molecule is CCC(C)[C@@H](N)C(=O)N[C@@H](CCC(N)=O)C(=O)NCc1ccc(C(=N)N)cc1.[HH]. The maximum atomic E-state index is 12.5. The van der Waals surface area contributed by atoms with Crippen LogP contribution in [0.3, 0.4) is 0 Å². The molecule has 0 spiro atoms. The lowest BCUT2D eigenvalue weighted by Gasteiger charge is -2.23. The molecule has 3 amide bonds. The first-order valence-corrected chi connectivity index (χ1v) is 9.21. The number of hydrogen-bond donors (Lipinski definition) is 6. The molecular weight excluding hydrogens is 360 g/mol. The van der Waals surface area contributed by atoms with Crippen LogP contribution < -0.4 is 27.8 Å². The highest BCUT2D eigenvalue weighted by atomic mass is 16.2. The van der Waals surface area contributed by atoms with Gasteiger partial charge in [0.1, 0.15) is 11.9 Å². The van der Waals surface area contributed by atoms with Gasteiger partial charge in [0, 0.05) is 20.0 Å². The number of rotatable bonds is 11. The van der Waals surface area contributed by atoms with Crippen molar-refractivity contribution >= 4 is 23.6 Å². The number of hydrogen-bond acceptors (Lipinski definition) is 5. The quantitative estimate of drug-likeness (QED) is 0.228. The average molecular weight is 393 g/mol. The van der Waals surface area contributed by atoms with Gasteiger partial charge in [-0.2, -0.15) is 0 Å². The van der Waals surface area contributed by atoms with Crippen molar-refractivity contribution in [1.29, 1.82) is 5.41 Å². The smallest absolute Gasteiger partial charge is 0.242 e. The standard InChI is InChI=1S/C19H30N6O3.H2/c1-3-11(2)16(21)19(28)25-14(8-9-15(20)26)18(27)24-10-12-4-6-13(7-5-12)17(22)23;/h4-7,11,14,16H,3,8-10,21H2,1-2H3,(H2,20,26)(H3,22,23)(H,24,27)(H,25,28);1H/t11?,14-,16+;/m0./s1. The number of primary amides is 1. The Kier molecular flexibility index (Phi) is 9.10. The third-order valence-electron chi connectivity index (χ3n) is 4.60. The van der Waals surface area contributed by atoms with Gasteiger partial charge in [-0.25, -0.2) is 0 Å². The van der Waals surface area contributed by atoms with Crippen LogP contribution in [0.25, 0.3) is 0 Å². The van der Waals surface area contributed by atoms with Gasteiger partial charge >= 0.3 is 0 Å². The first-order chi connectivity index (χ1) is 13.1. The summed E-state index contributed by atoms with van der Waals surface area (Å²) in [6.07, 6.45) is 0.774. The summed E-state index contributed by atoms with van der Waals surface area (Å²) in [5, 5.41) is 12.7. The number of amidine groups is 1. The zero-order valence-electron chi connectivity index (χ0n) is 16.3. The second-order valence-corrected chi connectivity index (χ2v) is 6.81. The molecule has 1 aromatic rings. The highest BCUT2D eigenvalue weighted by Crippen LogP contribution is 2.08. The topological polar surface area (TPSA) is 177 Å². The molecule has 0 radical (unpaired) electrons. The minimum Gasteiger partial charge on any atom is -0.384 e. The van der Waals surface area contributed by atoms with Crippen LogP contribution in [0, 0.1) is 11.3 Å². The lowest BCUT2D eigenvalue weighted by atomic mass is 9.98. The molecule has 1 aromatic carbocycles. The van der Waals surface area contributed by atoms with Gasteiger partial charge in [0.15, 0.2) is 0 Å². The largest absolute Gasteiger partial charge is 0.384 e. The van der Waals surface area contributed by atoms with Crippen molar-refractivity contribution < 1.29 is 15.8 Å². The molecule has 0 aliphatic rings. The Bertz CT molecular complexity index is 710. The predicted octanol–water partition coefficient (Wildman–Crippen LogP) is -0.0434. The van der Waals surface area contributed by atoms with E-state index in [1.165, 1.54) is 0 Å². The van der Waals surface area contributed by atoms with Gasteiger partial charge in [-0.05, 0) is 17.9 Å². The molecule has 0 saturated carbocycles. The number of carbonyl (C=O) groups excluding carboxylic acids is 3. The molecule has 0 aliphatic carbocycles. The molecule has 9 N–H and O–H groups in total. The molecule has 1 unspecified atom stereocenters. The lowest BCUT2D eigenvalue weighted by molar-refractivity contribution is -0.130. The van der Waals surface area contributed by atoms with Crippen molar-refractivity contribution in [1.82, 2.24) is 10.6 Å². The predicted molar refractivity (Wildman–Crippen MR) is 109 cm³/mol. The molecule has 9 nitrogen and oxygen atoms in total. The molecule has 0 fully saturated rings. The molecule has 3 atom stereocenters. The summed E-state index contributed by atoms with van der Waals surface area (Å²) in [6, 6.07) is 5.20. The van der Waals surface area contributed by atoms with Crippen molar-refractivity contribution in [3.8, 4) is 0 Å². The number of nitrogens with two attached hydrogens (primary N) is 3. The molecule has 0 saturated heterocycles. The van der Waals surface area contributed by atoms with E-state index in [1.807, 2.05) is 13.8 Å². The fourth-order valence-electron chi connectivity index (χ4n) is 2.45. The Morgan fingerprint density at radius 3 is 2.25 bits per heavy atom. The van der Waals surface area contributed by atoms with Gasteiger partial charge in [0.2, 0.25) is 17.7 Å². The molecule has 1 rings (SSSR count). The van der Waals surface area contributed by atoms with E-state index in [9.17, 15) is 14.4 Å². The lowest BCUT2D eigenvalue weighted by Crippen LogP contribution is -2.53. The molecule has 28 heavy (non-hydrogen) atoms. The second-order valence-electron chi connectivity index (χ2n) is 6.81. The van der Waals surface area contributed by atoms with E-state index in [1.54, 1.807) is 24.3 Å². The number of carbonyl (C=O) groups is 3. The van der Waals surface area contributed by atoms with Gasteiger partial charge in [0.25, 0.3) is 0 Å². The first-order valence-electron chi connectivity index (χ1n) is 9.21. The highest BCUT2D eigenvalue weighted by molar-refractivity contribution is 5.95. The maximum Gasteiger partial charge on any atom is 0.242 e. The molecular formula is C19H32N6O3. The number of amides is 3. The van der Waals surface area contributed by atoms with Gasteiger partial charge in [-0.15, -0.1) is 0 Å². The third kappa shape index (κ3) is 7.36. The minimum atomic E-state index is -0.911. The van der Waals surface area contributed by atoms with E-state index in [0.29, 0.717) is 5.56 Å². The fourth-order valence-corrected chi connectivity index (χ4v) is 2.45. The Balaban J connectivity index is 0.00000784. The maximum absolute atomic E-state index is 12.5. The van der Waals surface area contributed by atoms with Crippen LogP contribution in [-0.2, 0) is 20.9 Å². The summed E-state index contributed by atoms with van der Waals surface area (Å²) in [5.41, 5.74) is 17.9. The summed E-state index contributed by atoms with van der Waals surface area (Å²) in [6.45, 7) is 4.00. The fraction of sp³-hybridized carbons (Fsp3) is 0.474. The Morgan fingerprint density at radius 1 is 1.14 bits per heavy atom. The summed E-state index contributed by atoms with van der Waals surface area (Å²) < 4.78 is 0. The average Bonchev–Trinajstić information content (AvgIpc) is 2.67. The van der Waals surface area contributed by atoms with Crippen LogP contribution in [-0.4, -0.2) is 35.6 Å². The zero-order chi connectivity index (χ0) is 21.3. The van der Waals surface area contributed by atoms with E-state index < -0.39 is 29.8 Å². The highest BCUT2D eigenvalue weighted by Gasteiger charge is 2.26. The molecule has 0 aromatic heterocycles. The second kappa shape index (κ2) is 11.0. The summed E-state index contributed by atoms with van der Waals surface area (Å²) in [4.78, 5) is 35.9. The van der Waals surface area contributed by atoms with Gasteiger partial charge in [-0.1, -0.05) is 44.5 Å². The van der Waals surface area contributed by atoms with E-state index >= 15 is 0 Å². The first kappa shape index (κ1) is 23.1. The molecule has 156 valence electrons. The third-order valence-corrected chi connectivity index (χ3v) is 4.60. The van der Waals surface area contributed by atoms with Crippen molar-refractivity contribution in [2.45, 2.75) is 51.7 Å². The Hall–Kier alpha value is -2.94. The van der Waals surface area contributed by atoms with E-state index in [2.05, 4.69) is 10.6 Å². The van der Waals surface area contributed by atoms with Crippen molar-refractivity contribution in [3.05, 3.63) is 35.4 Å². The van der Waals surface area contributed by atoms with Crippen LogP contribution in [0.2, 0.25) is 0 Å². The summed E-state index contributed by atoms with van der Waals surface area (Å²) in [5.74, 6) is -1.51. The van der Waals surface area contributed by atoms with Crippen molar-refractivity contribution in [2.75, 3.05) is 0 Å². The van der Waals surface area contributed by atoms with Crippen molar-refractivity contribution in [2.24, 2.45) is 23.1 Å². The van der Waals surface area contributed by atoms with Gasteiger partial charge < -0.3 is 27.8 Å². The van der Waals surface area contributed by atoms with Crippen LogP contribution in [0.5, 0.6) is 0 Å². The molecule has 0 bridgehead atoms. The number of benzene rings is 1. The van der Waals surface area contributed by atoms with Crippen molar-refractivity contribution in [3.63, 3.8) is 0 Å². The summed E-state index contributed by atoms with van der Waals surface area (Å²) in [7, 11) is 0. The molecule has 0 aliphatic heterocycles. The van der Waals surface area contributed by atoms with E-state index in [0.717, 1.165) is 12.0 Å².